The van der Waals surface area contributed by atoms with E-state index in [4.69, 9.17) is 9.64 Å². The summed E-state index contributed by atoms with van der Waals surface area (Å²) in [4.78, 5) is 8.32. The van der Waals surface area contributed by atoms with Crippen molar-refractivity contribution in [3.05, 3.63) is 127 Å². The van der Waals surface area contributed by atoms with E-state index in [2.05, 4.69) is 41.4 Å². The first kappa shape index (κ1) is 18.4. The zero-order valence-electron chi connectivity index (χ0n) is 16.5. The van der Waals surface area contributed by atoms with Crippen LogP contribution in [0, 0.1) is 0 Å². The average molecular weight is 388 g/mol. The largest absolute Gasteiger partial charge is 0.413 e. The van der Waals surface area contributed by atoms with Crippen molar-refractivity contribution in [2.45, 2.75) is 6.10 Å². The lowest BCUT2D eigenvalue weighted by Gasteiger charge is -2.23. The van der Waals surface area contributed by atoms with Gasteiger partial charge in [0.25, 0.3) is 0 Å². The van der Waals surface area contributed by atoms with Gasteiger partial charge in [0.05, 0.1) is 11.0 Å². The molecule has 1 heterocycles. The summed E-state index contributed by atoms with van der Waals surface area (Å²) in [7, 11) is 0. The molecule has 30 heavy (non-hydrogen) atoms. The van der Waals surface area contributed by atoms with Crippen molar-refractivity contribution in [3.63, 3.8) is 0 Å². The molecule has 1 N–H and O–H groups in total. The molecule has 0 aliphatic rings. The minimum Gasteiger partial charge on any atom is -0.413 e. The number of benzene rings is 4. The maximum Gasteiger partial charge on any atom is 0.362 e. The van der Waals surface area contributed by atoms with Crippen molar-refractivity contribution < 1.29 is 4.65 Å². The highest BCUT2D eigenvalue weighted by Gasteiger charge is 2.28. The summed E-state index contributed by atoms with van der Waals surface area (Å²) in [5, 5.41) is 0. The molecule has 4 aromatic carbocycles. The average Bonchev–Trinajstić information content (AvgIpc) is 3.25. The van der Waals surface area contributed by atoms with E-state index >= 15 is 0 Å². The zero-order valence-corrected chi connectivity index (χ0v) is 16.5. The number of nitrogens with zero attached hydrogens (tertiary/aromatic N) is 1. The van der Waals surface area contributed by atoms with Gasteiger partial charge in [-0.3, -0.25) is 0 Å². The van der Waals surface area contributed by atoms with E-state index in [9.17, 15) is 0 Å². The summed E-state index contributed by atoms with van der Waals surface area (Å²) in [6.07, 6.45) is -0.330. The highest BCUT2D eigenvalue weighted by Crippen LogP contribution is 2.26. The molecule has 0 radical (unpaired) electrons. The Bertz CT molecular complexity index is 1150. The van der Waals surface area contributed by atoms with E-state index < -0.39 is 0 Å². The molecule has 0 amide bonds. The molecule has 1 aromatic heterocycles. The topological polar surface area (TPSA) is 37.9 Å². The number of fused-ring (bicyclic) bond motifs is 1. The quantitative estimate of drug-likeness (QED) is 0.436. The van der Waals surface area contributed by atoms with Crippen molar-refractivity contribution in [1.29, 1.82) is 0 Å². The van der Waals surface area contributed by atoms with E-state index in [1.54, 1.807) is 0 Å². The lowest BCUT2D eigenvalue weighted by Crippen LogP contribution is -2.45. The van der Waals surface area contributed by atoms with Crippen molar-refractivity contribution in [2.75, 3.05) is 0 Å². The lowest BCUT2D eigenvalue weighted by molar-refractivity contribution is 0.249. The third kappa shape index (κ3) is 3.78. The Hall–Kier alpha value is -3.63. The molecular formula is C26H21BN2O. The zero-order chi connectivity index (χ0) is 20.2. The van der Waals surface area contributed by atoms with Crippen molar-refractivity contribution >= 4 is 28.9 Å². The Morgan fingerprint density at radius 2 is 1.17 bits per heavy atom. The van der Waals surface area contributed by atoms with Crippen LogP contribution in [-0.2, 0) is 4.65 Å². The number of aromatic amines is 1. The summed E-state index contributed by atoms with van der Waals surface area (Å²) in [5.74, 6) is 0.805. The summed E-state index contributed by atoms with van der Waals surface area (Å²) in [6.45, 7) is -0.217. The van der Waals surface area contributed by atoms with Gasteiger partial charge in [0.2, 0.25) is 0 Å². The third-order valence-electron chi connectivity index (χ3n) is 5.24. The predicted octanol–water partition coefficient (Wildman–Crippen LogP) is 4.47. The van der Waals surface area contributed by atoms with E-state index in [0.29, 0.717) is 0 Å². The fourth-order valence-electron chi connectivity index (χ4n) is 3.77. The van der Waals surface area contributed by atoms with Crippen LogP contribution in [0.25, 0.3) is 11.0 Å². The van der Waals surface area contributed by atoms with Crippen LogP contribution in [0.4, 0.5) is 0 Å². The number of H-pyrrole nitrogens is 1. The van der Waals surface area contributed by atoms with Crippen LogP contribution >= 0.6 is 0 Å². The molecule has 0 aliphatic heterocycles. The SMILES string of the molecule is c1ccc(B(OC(c2ccccc2)c2nc3ccccc3[nH]2)c2ccccc2)cc1. The molecule has 0 aliphatic carbocycles. The number of hydrogen-bond acceptors (Lipinski definition) is 2. The maximum atomic E-state index is 6.83. The molecular weight excluding hydrogens is 367 g/mol. The van der Waals surface area contributed by atoms with Crippen molar-refractivity contribution in [3.8, 4) is 0 Å². The Balaban J connectivity index is 1.61. The Morgan fingerprint density at radius 1 is 0.633 bits per heavy atom. The molecule has 0 bridgehead atoms. The molecule has 0 saturated heterocycles. The number of para-hydroxylation sites is 2. The summed E-state index contributed by atoms with van der Waals surface area (Å²) in [5.41, 5.74) is 5.23. The van der Waals surface area contributed by atoms with Gasteiger partial charge in [0.15, 0.2) is 0 Å². The van der Waals surface area contributed by atoms with Gasteiger partial charge in [-0.2, -0.15) is 0 Å². The fraction of sp³-hybridized carbons (Fsp3) is 0.0385. The predicted molar refractivity (Wildman–Crippen MR) is 123 cm³/mol. The second-order valence-corrected chi connectivity index (χ2v) is 7.27. The van der Waals surface area contributed by atoms with Crippen LogP contribution in [-0.4, -0.2) is 16.9 Å². The number of hydrogen-bond donors (Lipinski definition) is 1. The van der Waals surface area contributed by atoms with Crippen LogP contribution in [0.5, 0.6) is 0 Å². The summed E-state index contributed by atoms with van der Waals surface area (Å²) in [6, 6.07) is 39.0. The Labute approximate surface area is 176 Å². The van der Waals surface area contributed by atoms with E-state index in [0.717, 1.165) is 33.3 Å². The van der Waals surface area contributed by atoms with Gasteiger partial charge in [0, 0.05) is 0 Å². The molecule has 5 aromatic rings. The molecule has 1 atom stereocenters. The highest BCUT2D eigenvalue weighted by molar-refractivity contribution is 6.80. The first-order valence-electron chi connectivity index (χ1n) is 10.1. The van der Waals surface area contributed by atoms with Gasteiger partial charge >= 0.3 is 6.92 Å². The number of imidazole rings is 1. The van der Waals surface area contributed by atoms with E-state index in [1.807, 2.05) is 78.9 Å². The minimum atomic E-state index is -0.330. The summed E-state index contributed by atoms with van der Waals surface area (Å²) < 4.78 is 6.83. The van der Waals surface area contributed by atoms with E-state index in [-0.39, 0.29) is 13.0 Å². The van der Waals surface area contributed by atoms with Crippen LogP contribution in [0.2, 0.25) is 0 Å². The number of aromatic nitrogens is 2. The number of nitrogens with one attached hydrogen (secondary N) is 1. The van der Waals surface area contributed by atoms with Crippen molar-refractivity contribution in [2.24, 2.45) is 0 Å². The molecule has 0 saturated carbocycles. The highest BCUT2D eigenvalue weighted by atomic mass is 16.4. The molecule has 4 heteroatoms. The summed E-state index contributed by atoms with van der Waals surface area (Å²) >= 11 is 0. The van der Waals surface area contributed by atoms with Gasteiger partial charge in [-0.1, -0.05) is 103 Å². The monoisotopic (exact) mass is 388 g/mol. The van der Waals surface area contributed by atoms with Crippen LogP contribution in [0.15, 0.2) is 115 Å². The van der Waals surface area contributed by atoms with Crippen LogP contribution in [0.1, 0.15) is 17.5 Å². The third-order valence-corrected chi connectivity index (χ3v) is 5.24. The minimum absolute atomic E-state index is 0.217. The normalized spacial score (nSPS) is 12.0. The molecule has 3 nitrogen and oxygen atoms in total. The van der Waals surface area contributed by atoms with Gasteiger partial charge in [-0.25, -0.2) is 4.98 Å². The van der Waals surface area contributed by atoms with Crippen LogP contribution in [0.3, 0.4) is 0 Å². The molecule has 0 fully saturated rings. The Morgan fingerprint density at radius 3 is 1.77 bits per heavy atom. The fourth-order valence-corrected chi connectivity index (χ4v) is 3.77. The molecule has 5 rings (SSSR count). The molecule has 1 unspecified atom stereocenters. The smallest absolute Gasteiger partial charge is 0.362 e. The number of rotatable bonds is 6. The second kappa shape index (κ2) is 8.40. The lowest BCUT2D eigenvalue weighted by atomic mass is 9.55. The standard InChI is InChI=1S/C26H21BN2O/c1-4-12-20(13-5-1)25(26-28-23-18-10-11-19-24(23)29-26)30-27(21-14-6-2-7-15-21)22-16-8-3-9-17-22/h1-19,25H,(H,28,29). The van der Waals surface area contributed by atoms with E-state index in [1.165, 1.54) is 0 Å². The molecule has 144 valence electrons. The van der Waals surface area contributed by atoms with Crippen molar-refractivity contribution in [1.82, 2.24) is 9.97 Å². The second-order valence-electron chi connectivity index (χ2n) is 7.27. The van der Waals surface area contributed by atoms with Crippen LogP contribution < -0.4 is 10.9 Å². The first-order chi connectivity index (χ1) is 14.9. The van der Waals surface area contributed by atoms with Gasteiger partial charge in [0.1, 0.15) is 11.9 Å². The van der Waals surface area contributed by atoms with Gasteiger partial charge in [-0.05, 0) is 28.6 Å². The molecule has 0 spiro atoms. The Kier molecular flexibility index (Phi) is 5.15. The maximum absolute atomic E-state index is 6.83. The van der Waals surface area contributed by atoms with Gasteiger partial charge < -0.3 is 9.64 Å². The van der Waals surface area contributed by atoms with Gasteiger partial charge in [-0.15, -0.1) is 0 Å². The first-order valence-corrected chi connectivity index (χ1v) is 10.1.